The van der Waals surface area contributed by atoms with Crippen LogP contribution in [0.1, 0.15) is 24.3 Å². The third-order valence-electron chi connectivity index (χ3n) is 2.38. The number of anilines is 1. The van der Waals surface area contributed by atoms with Crippen molar-refractivity contribution in [3.8, 4) is 0 Å². The number of aromatic nitrogens is 2. The SMILES string of the molecule is CN(C)CC(C)(C)CNC(=O)c1cnc(N)cn1. The minimum Gasteiger partial charge on any atom is -0.382 e. The van der Waals surface area contributed by atoms with Crippen molar-refractivity contribution < 1.29 is 4.79 Å². The van der Waals surface area contributed by atoms with Crippen LogP contribution in [-0.4, -0.2) is 48.0 Å². The molecule has 0 bridgehead atoms. The molecule has 6 heteroatoms. The van der Waals surface area contributed by atoms with Gasteiger partial charge in [0.2, 0.25) is 0 Å². The largest absolute Gasteiger partial charge is 0.382 e. The molecule has 1 rings (SSSR count). The summed E-state index contributed by atoms with van der Waals surface area (Å²) in [4.78, 5) is 21.7. The molecule has 0 unspecified atom stereocenters. The quantitative estimate of drug-likeness (QED) is 0.790. The van der Waals surface area contributed by atoms with E-state index in [-0.39, 0.29) is 17.0 Å². The van der Waals surface area contributed by atoms with Crippen molar-refractivity contribution in [3.63, 3.8) is 0 Å². The van der Waals surface area contributed by atoms with Crippen molar-refractivity contribution in [3.05, 3.63) is 18.1 Å². The number of rotatable bonds is 5. The van der Waals surface area contributed by atoms with Crippen molar-refractivity contribution in [1.82, 2.24) is 20.2 Å². The maximum absolute atomic E-state index is 11.8. The van der Waals surface area contributed by atoms with Crippen LogP contribution in [0.25, 0.3) is 0 Å². The molecule has 18 heavy (non-hydrogen) atoms. The minimum atomic E-state index is -0.227. The Kier molecular flexibility index (Phi) is 4.61. The second-order valence-corrected chi connectivity index (χ2v) is 5.41. The maximum atomic E-state index is 11.8. The zero-order chi connectivity index (χ0) is 13.8. The van der Waals surface area contributed by atoms with Crippen LogP contribution >= 0.6 is 0 Å². The summed E-state index contributed by atoms with van der Waals surface area (Å²) >= 11 is 0. The zero-order valence-corrected chi connectivity index (χ0v) is 11.4. The van der Waals surface area contributed by atoms with E-state index in [2.05, 4.69) is 34.0 Å². The molecule has 3 N–H and O–H groups in total. The summed E-state index contributed by atoms with van der Waals surface area (Å²) in [7, 11) is 4.02. The van der Waals surface area contributed by atoms with Crippen molar-refractivity contribution in [2.75, 3.05) is 32.9 Å². The average Bonchev–Trinajstić information content (AvgIpc) is 2.25. The zero-order valence-electron chi connectivity index (χ0n) is 11.4. The predicted molar refractivity (Wildman–Crippen MR) is 71.1 cm³/mol. The van der Waals surface area contributed by atoms with Gasteiger partial charge in [0.1, 0.15) is 11.5 Å². The lowest BCUT2D eigenvalue weighted by Gasteiger charge is -2.28. The Morgan fingerprint density at radius 3 is 2.56 bits per heavy atom. The second-order valence-electron chi connectivity index (χ2n) is 5.41. The molecule has 0 aliphatic heterocycles. The van der Waals surface area contributed by atoms with Gasteiger partial charge in [-0.25, -0.2) is 9.97 Å². The number of nitrogens with zero attached hydrogens (tertiary/aromatic N) is 3. The van der Waals surface area contributed by atoms with Gasteiger partial charge < -0.3 is 16.0 Å². The molecular formula is C12H21N5O. The fourth-order valence-corrected chi connectivity index (χ4v) is 1.78. The lowest BCUT2D eigenvalue weighted by molar-refractivity contribution is 0.0924. The molecule has 1 heterocycles. The lowest BCUT2D eigenvalue weighted by Crippen LogP contribution is -2.40. The Balaban J connectivity index is 2.53. The van der Waals surface area contributed by atoms with Crippen molar-refractivity contribution in [2.45, 2.75) is 13.8 Å². The summed E-state index contributed by atoms with van der Waals surface area (Å²) in [6, 6.07) is 0. The number of nitrogen functional groups attached to an aromatic ring is 1. The highest BCUT2D eigenvalue weighted by molar-refractivity contribution is 5.91. The molecule has 0 saturated carbocycles. The van der Waals surface area contributed by atoms with E-state index in [0.717, 1.165) is 6.54 Å². The standard InChI is InChI=1S/C12H21N5O/c1-12(2,8-17(3)4)7-16-11(18)9-5-15-10(13)6-14-9/h5-6H,7-8H2,1-4H3,(H2,13,15)(H,16,18). The fourth-order valence-electron chi connectivity index (χ4n) is 1.78. The molecule has 0 radical (unpaired) electrons. The predicted octanol–water partition coefficient (Wildman–Crippen LogP) is 0.376. The topological polar surface area (TPSA) is 84.1 Å². The van der Waals surface area contributed by atoms with Crippen LogP contribution in [0.15, 0.2) is 12.4 Å². The third-order valence-corrected chi connectivity index (χ3v) is 2.38. The molecular weight excluding hydrogens is 230 g/mol. The van der Waals surface area contributed by atoms with Gasteiger partial charge in [0.05, 0.1) is 12.4 Å². The number of carbonyl (C=O) groups is 1. The van der Waals surface area contributed by atoms with E-state index in [1.54, 1.807) is 0 Å². The molecule has 1 aromatic heterocycles. The number of hydrogen-bond acceptors (Lipinski definition) is 5. The first-order chi connectivity index (χ1) is 8.30. The Morgan fingerprint density at radius 2 is 2.06 bits per heavy atom. The van der Waals surface area contributed by atoms with E-state index < -0.39 is 0 Å². The van der Waals surface area contributed by atoms with Crippen LogP contribution in [0.5, 0.6) is 0 Å². The highest BCUT2D eigenvalue weighted by Crippen LogP contribution is 2.14. The van der Waals surface area contributed by atoms with E-state index >= 15 is 0 Å². The molecule has 0 saturated heterocycles. The highest BCUT2D eigenvalue weighted by Gasteiger charge is 2.20. The number of carbonyl (C=O) groups excluding carboxylic acids is 1. The van der Waals surface area contributed by atoms with Gasteiger partial charge in [0.25, 0.3) is 5.91 Å². The van der Waals surface area contributed by atoms with Crippen LogP contribution in [0.2, 0.25) is 0 Å². The summed E-state index contributed by atoms with van der Waals surface area (Å²) in [5, 5.41) is 2.86. The summed E-state index contributed by atoms with van der Waals surface area (Å²) in [6.45, 7) is 5.67. The van der Waals surface area contributed by atoms with Gasteiger partial charge in [-0.1, -0.05) is 13.8 Å². The summed E-state index contributed by atoms with van der Waals surface area (Å²) < 4.78 is 0. The van der Waals surface area contributed by atoms with Crippen molar-refractivity contribution >= 4 is 11.7 Å². The van der Waals surface area contributed by atoms with Gasteiger partial charge in [0, 0.05) is 13.1 Å². The summed E-state index contributed by atoms with van der Waals surface area (Å²) in [5.74, 6) is 0.0776. The summed E-state index contributed by atoms with van der Waals surface area (Å²) in [6.07, 6.45) is 2.75. The molecule has 6 nitrogen and oxygen atoms in total. The molecule has 0 aliphatic carbocycles. The monoisotopic (exact) mass is 251 g/mol. The Morgan fingerprint density at radius 1 is 1.39 bits per heavy atom. The van der Waals surface area contributed by atoms with E-state index in [1.807, 2.05) is 14.1 Å². The van der Waals surface area contributed by atoms with Gasteiger partial charge in [0.15, 0.2) is 0 Å². The molecule has 100 valence electrons. The molecule has 0 atom stereocenters. The number of nitrogens with one attached hydrogen (secondary N) is 1. The molecule has 0 aromatic carbocycles. The molecule has 0 fully saturated rings. The first kappa shape index (κ1) is 14.4. The fraction of sp³-hybridized carbons (Fsp3) is 0.583. The van der Waals surface area contributed by atoms with Crippen LogP contribution < -0.4 is 11.1 Å². The van der Waals surface area contributed by atoms with Crippen molar-refractivity contribution in [1.29, 1.82) is 0 Å². The van der Waals surface area contributed by atoms with Crippen LogP contribution in [0.4, 0.5) is 5.82 Å². The minimum absolute atomic E-state index is 0.000394. The Bertz CT molecular complexity index is 399. The number of amides is 1. The van der Waals surface area contributed by atoms with Gasteiger partial charge in [-0.2, -0.15) is 0 Å². The Hall–Kier alpha value is -1.69. The van der Waals surface area contributed by atoms with E-state index in [1.165, 1.54) is 12.4 Å². The molecule has 1 aromatic rings. The normalized spacial score (nSPS) is 11.6. The number of nitrogens with two attached hydrogens (primary N) is 1. The van der Waals surface area contributed by atoms with E-state index in [0.29, 0.717) is 12.4 Å². The van der Waals surface area contributed by atoms with E-state index in [4.69, 9.17) is 5.73 Å². The molecule has 1 amide bonds. The molecule has 0 spiro atoms. The van der Waals surface area contributed by atoms with Gasteiger partial charge in [-0.15, -0.1) is 0 Å². The number of hydrogen-bond donors (Lipinski definition) is 2. The van der Waals surface area contributed by atoms with Gasteiger partial charge in [-0.3, -0.25) is 4.79 Å². The van der Waals surface area contributed by atoms with E-state index in [9.17, 15) is 4.79 Å². The van der Waals surface area contributed by atoms with Crippen molar-refractivity contribution in [2.24, 2.45) is 5.41 Å². The molecule has 0 aliphatic rings. The smallest absolute Gasteiger partial charge is 0.271 e. The van der Waals surface area contributed by atoms with Crippen LogP contribution in [0, 0.1) is 5.41 Å². The first-order valence-electron chi connectivity index (χ1n) is 5.81. The summed E-state index contributed by atoms with van der Waals surface area (Å²) in [5.41, 5.74) is 5.70. The Labute approximate surface area is 108 Å². The van der Waals surface area contributed by atoms with Gasteiger partial charge in [-0.05, 0) is 19.5 Å². The maximum Gasteiger partial charge on any atom is 0.271 e. The van der Waals surface area contributed by atoms with Gasteiger partial charge >= 0.3 is 0 Å². The first-order valence-corrected chi connectivity index (χ1v) is 5.81. The second kappa shape index (κ2) is 5.77. The average molecular weight is 251 g/mol. The third kappa shape index (κ3) is 4.67. The highest BCUT2D eigenvalue weighted by atomic mass is 16.1. The van der Waals surface area contributed by atoms with Crippen LogP contribution in [0.3, 0.4) is 0 Å². The lowest BCUT2D eigenvalue weighted by atomic mass is 9.93. The van der Waals surface area contributed by atoms with Crippen LogP contribution in [-0.2, 0) is 0 Å².